The van der Waals surface area contributed by atoms with Gasteiger partial charge in [0.15, 0.2) is 0 Å². The fourth-order valence-corrected chi connectivity index (χ4v) is 6.95. The summed E-state index contributed by atoms with van der Waals surface area (Å²) < 4.78 is 6.36. The summed E-state index contributed by atoms with van der Waals surface area (Å²) in [6.45, 7) is 10.6. The predicted octanol–water partition coefficient (Wildman–Crippen LogP) is 2.62. The molecule has 29 heavy (non-hydrogen) atoms. The number of rotatable bonds is 4. The number of hydrogen-bond acceptors (Lipinski definition) is 7. The first kappa shape index (κ1) is 24.2. The summed E-state index contributed by atoms with van der Waals surface area (Å²) in [4.78, 5) is 0. The van der Waals surface area contributed by atoms with Crippen molar-refractivity contribution in [3.63, 3.8) is 0 Å². The fourth-order valence-electron chi connectivity index (χ4n) is 3.96. The van der Waals surface area contributed by atoms with E-state index in [1.807, 2.05) is 11.8 Å². The van der Waals surface area contributed by atoms with Gasteiger partial charge in [-0.05, 0) is 32.2 Å². The number of hydrogen-bond donors (Lipinski definition) is 4. The van der Waals surface area contributed by atoms with Crippen molar-refractivity contribution in [3.05, 3.63) is 12.2 Å². The zero-order valence-electron chi connectivity index (χ0n) is 18.1. The Hall–Kier alpha value is 0.530. The number of nitrogens with one attached hydrogen (secondary N) is 4. The predicted molar refractivity (Wildman–Crippen MR) is 129 cm³/mol. The molecule has 0 aromatic rings. The Labute approximate surface area is 190 Å². The van der Waals surface area contributed by atoms with Crippen LogP contribution < -0.4 is 21.3 Å². The van der Waals surface area contributed by atoms with Crippen LogP contribution in [0.5, 0.6) is 0 Å². The second kappa shape index (κ2) is 12.0. The van der Waals surface area contributed by atoms with Crippen LogP contribution in [0, 0.1) is 5.92 Å². The molecule has 3 aliphatic heterocycles. The van der Waals surface area contributed by atoms with Crippen LogP contribution in [-0.2, 0) is 4.74 Å². The van der Waals surface area contributed by atoms with Crippen LogP contribution in [0.15, 0.2) is 12.2 Å². The molecule has 0 saturated carbocycles. The Balaban J connectivity index is 1.65. The van der Waals surface area contributed by atoms with E-state index < -0.39 is 0 Å². The molecule has 168 valence electrons. The van der Waals surface area contributed by atoms with Gasteiger partial charge in [-0.1, -0.05) is 26.0 Å². The third kappa shape index (κ3) is 7.56. The zero-order valence-corrected chi connectivity index (χ0v) is 20.5. The van der Waals surface area contributed by atoms with E-state index in [4.69, 9.17) is 16.3 Å². The van der Waals surface area contributed by atoms with Crippen LogP contribution >= 0.6 is 35.1 Å². The molecule has 3 unspecified atom stereocenters. The van der Waals surface area contributed by atoms with Crippen molar-refractivity contribution in [3.8, 4) is 0 Å². The monoisotopic (exact) mass is 462 g/mol. The van der Waals surface area contributed by atoms with Gasteiger partial charge in [-0.2, -0.15) is 0 Å². The summed E-state index contributed by atoms with van der Waals surface area (Å²) in [7, 11) is 0. The minimum atomic E-state index is 0.127. The number of thioether (sulfide) groups is 2. The van der Waals surface area contributed by atoms with Crippen molar-refractivity contribution in [2.45, 2.75) is 68.1 Å². The Kier molecular flexibility index (Phi) is 9.97. The molecule has 8 heteroatoms. The van der Waals surface area contributed by atoms with Crippen molar-refractivity contribution < 1.29 is 4.74 Å². The molecule has 0 spiro atoms. The highest BCUT2D eigenvalue weighted by Crippen LogP contribution is 2.32. The maximum atomic E-state index is 6.36. The van der Waals surface area contributed by atoms with E-state index >= 15 is 0 Å². The Morgan fingerprint density at radius 2 is 2.17 bits per heavy atom. The van der Waals surface area contributed by atoms with Crippen LogP contribution in [0.1, 0.15) is 33.6 Å². The van der Waals surface area contributed by atoms with E-state index in [9.17, 15) is 0 Å². The maximum Gasteiger partial charge on any atom is 0.0768 e. The summed E-state index contributed by atoms with van der Waals surface area (Å²) in [6, 6.07) is 0.897. The van der Waals surface area contributed by atoms with Gasteiger partial charge in [-0.25, -0.2) is 0 Å². The van der Waals surface area contributed by atoms with E-state index in [2.05, 4.69) is 66.0 Å². The highest BCUT2D eigenvalue weighted by atomic mass is 35.5. The van der Waals surface area contributed by atoms with Gasteiger partial charge < -0.3 is 15.4 Å². The number of fused-ring (bicyclic) bond motifs is 5. The van der Waals surface area contributed by atoms with Crippen molar-refractivity contribution in [1.29, 1.82) is 0 Å². The number of allylic oxidation sites excluding steroid dienone is 1. The second-order valence-electron chi connectivity index (χ2n) is 9.03. The molecule has 0 radical (unpaired) electrons. The SMILES string of the molecule is CC(C)[C@H]1CO[C@H](/C=C/CCCl)CCNCC2NC(CS2)C2N[C@](C)(CN1)CS2. The Morgan fingerprint density at radius 1 is 1.31 bits per heavy atom. The molecule has 5 nitrogen and oxygen atoms in total. The quantitative estimate of drug-likeness (QED) is 0.378. The Bertz CT molecular complexity index is 527. The highest BCUT2D eigenvalue weighted by Gasteiger charge is 2.41. The summed E-state index contributed by atoms with van der Waals surface area (Å²) in [6.07, 6.45) is 6.38. The van der Waals surface area contributed by atoms with E-state index in [1.165, 1.54) is 5.75 Å². The van der Waals surface area contributed by atoms with Gasteiger partial charge in [0.05, 0.1) is 23.5 Å². The van der Waals surface area contributed by atoms with Crippen LogP contribution in [0.4, 0.5) is 0 Å². The highest BCUT2D eigenvalue weighted by molar-refractivity contribution is 8.01. The van der Waals surface area contributed by atoms with Crippen molar-refractivity contribution in [2.24, 2.45) is 5.92 Å². The van der Waals surface area contributed by atoms with Crippen LogP contribution in [0.3, 0.4) is 0 Å². The number of alkyl halides is 1. The average molecular weight is 463 g/mol. The van der Waals surface area contributed by atoms with Gasteiger partial charge in [0, 0.05) is 48.1 Å². The number of halogens is 1. The zero-order chi connectivity index (χ0) is 20.7. The molecule has 3 saturated heterocycles. The smallest absolute Gasteiger partial charge is 0.0768 e. The molecule has 4 bridgehead atoms. The van der Waals surface area contributed by atoms with Gasteiger partial charge in [0.25, 0.3) is 0 Å². The lowest BCUT2D eigenvalue weighted by Gasteiger charge is -2.32. The Morgan fingerprint density at radius 3 is 2.97 bits per heavy atom. The average Bonchev–Trinajstić information content (AvgIpc) is 3.31. The standard InChI is InChI=1S/C21H39ClN4OS2/c1-15(2)17-11-27-16(6-4-5-8-22)7-9-23-10-19-25-18(12-28-19)20-26-21(3,13-24-17)14-29-20/h4,6,15-20,23-26H,5,7-14H2,1-3H3/b6-4+/t16-,17-,18?,19?,20?,21-/m1/s1. The van der Waals surface area contributed by atoms with E-state index in [1.54, 1.807) is 0 Å². The molecular formula is C21H39ClN4OS2. The van der Waals surface area contributed by atoms with Gasteiger partial charge in [0.1, 0.15) is 0 Å². The number of ether oxygens (including phenoxy) is 1. The first-order chi connectivity index (χ1) is 14.0. The minimum Gasteiger partial charge on any atom is -0.372 e. The van der Waals surface area contributed by atoms with Gasteiger partial charge >= 0.3 is 0 Å². The third-order valence-corrected chi connectivity index (χ3v) is 9.01. The second-order valence-corrected chi connectivity index (χ2v) is 11.8. The van der Waals surface area contributed by atoms with E-state index in [0.717, 1.165) is 44.8 Å². The lowest BCUT2D eigenvalue weighted by Crippen LogP contribution is -2.56. The van der Waals surface area contributed by atoms with E-state index in [0.29, 0.717) is 34.6 Å². The summed E-state index contributed by atoms with van der Waals surface area (Å²) in [5.74, 6) is 3.52. The van der Waals surface area contributed by atoms with Gasteiger partial charge in [0.2, 0.25) is 0 Å². The largest absolute Gasteiger partial charge is 0.372 e. The first-order valence-corrected chi connectivity index (χ1v) is 13.7. The maximum absolute atomic E-state index is 6.36. The van der Waals surface area contributed by atoms with Crippen LogP contribution in [-0.4, -0.2) is 78.1 Å². The van der Waals surface area contributed by atoms with Gasteiger partial charge in [-0.3, -0.25) is 10.6 Å². The molecule has 6 atom stereocenters. The van der Waals surface area contributed by atoms with Crippen molar-refractivity contribution in [2.75, 3.05) is 43.6 Å². The molecular weight excluding hydrogens is 424 g/mol. The molecule has 3 rings (SSSR count). The van der Waals surface area contributed by atoms with E-state index in [-0.39, 0.29) is 11.6 Å². The molecule has 0 aliphatic carbocycles. The first-order valence-electron chi connectivity index (χ1n) is 11.0. The fraction of sp³-hybridized carbons (Fsp3) is 0.905. The molecule has 3 heterocycles. The molecule has 0 aromatic heterocycles. The van der Waals surface area contributed by atoms with Crippen LogP contribution in [0.2, 0.25) is 0 Å². The van der Waals surface area contributed by atoms with Crippen LogP contribution in [0.25, 0.3) is 0 Å². The topological polar surface area (TPSA) is 57.4 Å². The van der Waals surface area contributed by atoms with Crippen molar-refractivity contribution in [1.82, 2.24) is 21.3 Å². The van der Waals surface area contributed by atoms with Crippen molar-refractivity contribution >= 4 is 35.1 Å². The molecule has 3 fully saturated rings. The van der Waals surface area contributed by atoms with Gasteiger partial charge in [-0.15, -0.1) is 35.1 Å². The normalized spacial score (nSPS) is 40.1. The lowest BCUT2D eigenvalue weighted by molar-refractivity contribution is 0.0511. The summed E-state index contributed by atoms with van der Waals surface area (Å²) in [5, 5.41) is 16.2. The summed E-state index contributed by atoms with van der Waals surface area (Å²) >= 11 is 9.96. The summed E-state index contributed by atoms with van der Waals surface area (Å²) in [5.41, 5.74) is 0.127. The molecule has 3 aliphatic rings. The lowest BCUT2D eigenvalue weighted by atomic mass is 10.0. The molecule has 0 aromatic carbocycles. The molecule has 0 amide bonds. The molecule has 4 N–H and O–H groups in total. The minimum absolute atomic E-state index is 0.127. The third-order valence-electron chi connectivity index (χ3n) is 5.93.